The van der Waals surface area contributed by atoms with Crippen LogP contribution in [0.25, 0.3) is 0 Å². The third-order valence-electron chi connectivity index (χ3n) is 2.43. The maximum atomic E-state index is 13.6. The topological polar surface area (TPSA) is 26.0 Å². The van der Waals surface area contributed by atoms with Gasteiger partial charge < -0.3 is 5.73 Å². The van der Waals surface area contributed by atoms with E-state index in [4.69, 9.17) is 5.73 Å². The lowest BCUT2D eigenvalue weighted by Gasteiger charge is -2.12. The molecule has 0 bridgehead atoms. The van der Waals surface area contributed by atoms with Crippen LogP contribution < -0.4 is 5.73 Å². The Hall–Kier alpha value is -0.780. The van der Waals surface area contributed by atoms with Crippen molar-refractivity contribution in [2.24, 2.45) is 5.73 Å². The molecule has 1 aromatic carbocycles. The van der Waals surface area contributed by atoms with Gasteiger partial charge in [0.2, 0.25) is 0 Å². The Bertz CT molecular complexity index is 533. The lowest BCUT2D eigenvalue weighted by atomic mass is 10.1. The minimum absolute atomic E-state index is 0.0879. The SMILES string of the molecule is Cc1cc(Br)c(C(N)c2c(F)cccc2F)s1. The summed E-state index contributed by atoms with van der Waals surface area (Å²) in [6.07, 6.45) is 0. The molecular formula is C12H10BrF2NS. The van der Waals surface area contributed by atoms with Gasteiger partial charge in [0.05, 0.1) is 6.04 Å². The van der Waals surface area contributed by atoms with Crippen molar-refractivity contribution in [3.8, 4) is 0 Å². The average molecular weight is 318 g/mol. The molecule has 0 fully saturated rings. The number of halogens is 3. The van der Waals surface area contributed by atoms with Crippen LogP contribution in [0, 0.1) is 18.6 Å². The summed E-state index contributed by atoms with van der Waals surface area (Å²) in [5.41, 5.74) is 5.84. The molecule has 17 heavy (non-hydrogen) atoms. The minimum atomic E-state index is -0.788. The zero-order valence-corrected chi connectivity index (χ0v) is 11.4. The normalized spacial score (nSPS) is 12.8. The van der Waals surface area contributed by atoms with Crippen LogP contribution in [0.4, 0.5) is 8.78 Å². The first-order chi connectivity index (χ1) is 8.00. The minimum Gasteiger partial charge on any atom is -0.319 e. The highest BCUT2D eigenvalue weighted by molar-refractivity contribution is 9.10. The van der Waals surface area contributed by atoms with Crippen molar-refractivity contribution >= 4 is 27.3 Å². The van der Waals surface area contributed by atoms with Crippen LogP contribution in [0.2, 0.25) is 0 Å². The van der Waals surface area contributed by atoms with Crippen LogP contribution in [0.3, 0.4) is 0 Å². The molecule has 5 heteroatoms. The van der Waals surface area contributed by atoms with Gasteiger partial charge in [0.1, 0.15) is 11.6 Å². The highest BCUT2D eigenvalue weighted by Crippen LogP contribution is 2.35. The van der Waals surface area contributed by atoms with Gasteiger partial charge in [-0.15, -0.1) is 11.3 Å². The van der Waals surface area contributed by atoms with Crippen molar-refractivity contribution in [3.05, 3.63) is 55.7 Å². The molecule has 0 amide bonds. The molecule has 0 aliphatic carbocycles. The largest absolute Gasteiger partial charge is 0.319 e. The molecule has 0 radical (unpaired) electrons. The Morgan fingerprint density at radius 2 is 1.88 bits per heavy atom. The van der Waals surface area contributed by atoms with Crippen molar-refractivity contribution in [2.75, 3.05) is 0 Å². The molecule has 0 saturated carbocycles. The van der Waals surface area contributed by atoms with Crippen LogP contribution in [0.1, 0.15) is 21.4 Å². The zero-order valence-electron chi connectivity index (χ0n) is 9.01. The van der Waals surface area contributed by atoms with Crippen molar-refractivity contribution in [1.29, 1.82) is 0 Å². The first kappa shape index (κ1) is 12.7. The van der Waals surface area contributed by atoms with Crippen molar-refractivity contribution in [2.45, 2.75) is 13.0 Å². The number of hydrogen-bond acceptors (Lipinski definition) is 2. The van der Waals surface area contributed by atoms with E-state index in [0.717, 1.165) is 14.2 Å². The number of rotatable bonds is 2. The number of benzene rings is 1. The van der Waals surface area contributed by atoms with Crippen LogP contribution >= 0.6 is 27.3 Å². The van der Waals surface area contributed by atoms with Gasteiger partial charge in [0.25, 0.3) is 0 Å². The molecule has 1 aromatic heterocycles. The maximum Gasteiger partial charge on any atom is 0.131 e. The predicted octanol–water partition coefficient (Wildman–Crippen LogP) is 4.15. The van der Waals surface area contributed by atoms with Gasteiger partial charge in [-0.2, -0.15) is 0 Å². The van der Waals surface area contributed by atoms with E-state index in [0.29, 0.717) is 0 Å². The third kappa shape index (κ3) is 2.41. The number of thiophene rings is 1. The van der Waals surface area contributed by atoms with Gasteiger partial charge in [-0.25, -0.2) is 8.78 Å². The van der Waals surface area contributed by atoms with Crippen molar-refractivity contribution in [1.82, 2.24) is 0 Å². The monoisotopic (exact) mass is 317 g/mol. The molecule has 1 unspecified atom stereocenters. The van der Waals surface area contributed by atoms with Crippen LogP contribution in [0.5, 0.6) is 0 Å². The Kier molecular flexibility index (Phi) is 3.61. The average Bonchev–Trinajstić information content (AvgIpc) is 2.57. The summed E-state index contributed by atoms with van der Waals surface area (Å²) in [4.78, 5) is 1.77. The molecule has 90 valence electrons. The van der Waals surface area contributed by atoms with Crippen LogP contribution in [-0.4, -0.2) is 0 Å². The number of aryl methyl sites for hydroxylation is 1. The molecule has 0 aliphatic rings. The molecule has 2 rings (SSSR count). The molecule has 2 N–H and O–H groups in total. The van der Waals surface area contributed by atoms with E-state index < -0.39 is 17.7 Å². The number of nitrogens with two attached hydrogens (primary N) is 1. The van der Waals surface area contributed by atoms with Gasteiger partial charge in [0, 0.05) is 19.8 Å². The van der Waals surface area contributed by atoms with Crippen LogP contribution in [0.15, 0.2) is 28.7 Å². The summed E-state index contributed by atoms with van der Waals surface area (Å²) in [5, 5.41) is 0. The second kappa shape index (κ2) is 4.84. The lowest BCUT2D eigenvalue weighted by Crippen LogP contribution is -2.14. The lowest BCUT2D eigenvalue weighted by molar-refractivity contribution is 0.544. The molecule has 0 aliphatic heterocycles. The van der Waals surface area contributed by atoms with Crippen molar-refractivity contribution < 1.29 is 8.78 Å². The third-order valence-corrected chi connectivity index (χ3v) is 4.48. The fraction of sp³-hybridized carbons (Fsp3) is 0.167. The highest BCUT2D eigenvalue weighted by atomic mass is 79.9. The smallest absolute Gasteiger partial charge is 0.131 e. The Labute approximate surface area is 110 Å². The molecule has 1 nitrogen and oxygen atoms in total. The van der Waals surface area contributed by atoms with Crippen molar-refractivity contribution in [3.63, 3.8) is 0 Å². The fourth-order valence-corrected chi connectivity index (χ4v) is 3.56. The fourth-order valence-electron chi connectivity index (χ4n) is 1.65. The second-order valence-corrected chi connectivity index (χ2v) is 5.82. The van der Waals surface area contributed by atoms with Gasteiger partial charge in [-0.05, 0) is 41.1 Å². The molecule has 0 saturated heterocycles. The van der Waals surface area contributed by atoms with E-state index in [-0.39, 0.29) is 5.56 Å². The van der Waals surface area contributed by atoms with E-state index in [1.165, 1.54) is 29.5 Å². The quantitative estimate of drug-likeness (QED) is 0.884. The Balaban J connectivity index is 2.51. The summed E-state index contributed by atoms with van der Waals surface area (Å²) >= 11 is 4.78. The summed E-state index contributed by atoms with van der Waals surface area (Å²) in [7, 11) is 0. The predicted molar refractivity (Wildman–Crippen MR) is 69.1 cm³/mol. The van der Waals surface area contributed by atoms with Gasteiger partial charge in [-0.3, -0.25) is 0 Å². The van der Waals surface area contributed by atoms with E-state index in [9.17, 15) is 8.78 Å². The Morgan fingerprint density at radius 3 is 2.35 bits per heavy atom. The molecule has 1 heterocycles. The summed E-state index contributed by atoms with van der Waals surface area (Å²) in [6, 6.07) is 4.86. The summed E-state index contributed by atoms with van der Waals surface area (Å²) < 4.78 is 28.0. The van der Waals surface area contributed by atoms with E-state index in [2.05, 4.69) is 15.9 Å². The van der Waals surface area contributed by atoms with Gasteiger partial charge in [-0.1, -0.05) is 6.07 Å². The highest BCUT2D eigenvalue weighted by Gasteiger charge is 2.21. The van der Waals surface area contributed by atoms with Crippen LogP contribution in [-0.2, 0) is 0 Å². The maximum absolute atomic E-state index is 13.6. The molecule has 0 spiro atoms. The van der Waals surface area contributed by atoms with Gasteiger partial charge >= 0.3 is 0 Å². The van der Waals surface area contributed by atoms with E-state index in [1.54, 1.807) is 0 Å². The summed E-state index contributed by atoms with van der Waals surface area (Å²) in [6.45, 7) is 1.92. The standard InChI is InChI=1S/C12H10BrF2NS/c1-6-5-7(13)12(17-6)11(16)10-8(14)3-2-4-9(10)15/h2-5,11H,16H2,1H3. The first-order valence-electron chi connectivity index (χ1n) is 4.96. The summed E-state index contributed by atoms with van der Waals surface area (Å²) in [5.74, 6) is -1.23. The molecular weight excluding hydrogens is 308 g/mol. The van der Waals surface area contributed by atoms with E-state index >= 15 is 0 Å². The zero-order chi connectivity index (χ0) is 12.6. The van der Waals surface area contributed by atoms with E-state index in [1.807, 2.05) is 13.0 Å². The first-order valence-corrected chi connectivity index (χ1v) is 6.57. The second-order valence-electron chi connectivity index (χ2n) is 3.68. The number of hydrogen-bond donors (Lipinski definition) is 1. The molecule has 1 atom stereocenters. The van der Waals surface area contributed by atoms with Gasteiger partial charge in [0.15, 0.2) is 0 Å². The molecule has 2 aromatic rings. The Morgan fingerprint density at radius 1 is 1.29 bits per heavy atom.